The zero-order chi connectivity index (χ0) is 46.1. The van der Waals surface area contributed by atoms with Crippen molar-refractivity contribution in [2.24, 2.45) is 0 Å². The molecule has 2 aliphatic rings. The van der Waals surface area contributed by atoms with Crippen LogP contribution in [-0.2, 0) is 0 Å². The summed E-state index contributed by atoms with van der Waals surface area (Å²) < 4.78 is 9.94. The zero-order valence-corrected chi connectivity index (χ0v) is 38.1. The van der Waals surface area contributed by atoms with Gasteiger partial charge < -0.3 is 14.2 Å². The fourth-order valence-corrected chi connectivity index (χ4v) is 11.2. The average Bonchev–Trinajstić information content (AvgIpc) is 3.99. The number of rotatable bonds is 8. The lowest BCUT2D eigenvalue weighted by Crippen LogP contribution is -2.61. The molecule has 0 saturated carbocycles. The average molecular weight is 895 g/mol. The Bertz CT molecular complexity index is 3800. The number of anilines is 9. The maximum atomic E-state index is 7.47. The van der Waals surface area contributed by atoms with E-state index in [0.29, 0.717) is 0 Å². The molecule has 0 saturated heterocycles. The van der Waals surface area contributed by atoms with Crippen LogP contribution in [0.5, 0.6) is 0 Å². The van der Waals surface area contributed by atoms with Crippen LogP contribution in [0.15, 0.2) is 265 Å². The number of aromatic nitrogens is 1. The molecular weight excluding hydrogens is 852 g/mol. The first-order valence-corrected chi connectivity index (χ1v) is 24.0. The van der Waals surface area contributed by atoms with E-state index in [9.17, 15) is 0 Å². The third-order valence-electron chi connectivity index (χ3n) is 14.1. The Balaban J connectivity index is 1.09. The zero-order valence-electron chi connectivity index (χ0n) is 38.1. The monoisotopic (exact) mass is 894 g/mol. The van der Waals surface area contributed by atoms with Crippen LogP contribution >= 0.6 is 0 Å². The fourth-order valence-electron chi connectivity index (χ4n) is 11.2. The van der Waals surface area contributed by atoms with Gasteiger partial charge in [0.05, 0.1) is 16.9 Å². The van der Waals surface area contributed by atoms with Crippen molar-refractivity contribution in [2.45, 2.75) is 0 Å². The number of para-hydroxylation sites is 5. The maximum Gasteiger partial charge on any atom is 0.299 e. The van der Waals surface area contributed by atoms with Crippen molar-refractivity contribution >= 4 is 96.5 Å². The normalized spacial score (nSPS) is 12.5. The van der Waals surface area contributed by atoms with Crippen LogP contribution in [0.3, 0.4) is 0 Å². The quantitative estimate of drug-likeness (QED) is 0.142. The van der Waals surface area contributed by atoms with Gasteiger partial charge in [-0.05, 0) is 142 Å². The Labute approximate surface area is 407 Å². The van der Waals surface area contributed by atoms with Crippen LogP contribution < -0.4 is 31.3 Å². The van der Waals surface area contributed by atoms with E-state index in [1.807, 2.05) is 0 Å². The third kappa shape index (κ3) is 6.27. The second-order valence-electron chi connectivity index (χ2n) is 18.1. The number of hydrogen-bond donors (Lipinski definition) is 0. The molecule has 0 N–H and O–H groups in total. The van der Waals surface area contributed by atoms with Crippen molar-refractivity contribution in [2.75, 3.05) is 14.7 Å². The number of fused-ring (bicyclic) bond motifs is 8. The third-order valence-corrected chi connectivity index (χ3v) is 14.1. The molecule has 70 heavy (non-hydrogen) atoms. The van der Waals surface area contributed by atoms with E-state index in [2.05, 4.69) is 280 Å². The summed E-state index contributed by atoms with van der Waals surface area (Å²) >= 11 is 0. The van der Waals surface area contributed by atoms with Crippen LogP contribution in [0.2, 0.25) is 0 Å². The van der Waals surface area contributed by atoms with Gasteiger partial charge >= 0.3 is 0 Å². The lowest BCUT2D eigenvalue weighted by atomic mass is 9.35. The minimum Gasteiger partial charge on any atom is -0.468 e. The summed E-state index contributed by atoms with van der Waals surface area (Å²) in [4.78, 5) is 7.31. The van der Waals surface area contributed by atoms with E-state index in [1.54, 1.807) is 0 Å². The van der Waals surface area contributed by atoms with Crippen LogP contribution in [0.25, 0.3) is 49.8 Å². The van der Waals surface area contributed by atoms with Crippen LogP contribution in [0.1, 0.15) is 0 Å². The summed E-state index contributed by atoms with van der Waals surface area (Å²) in [6.07, 6.45) is 0. The second-order valence-corrected chi connectivity index (χ2v) is 18.1. The largest absolute Gasteiger partial charge is 0.468 e. The van der Waals surface area contributed by atoms with Gasteiger partial charge in [-0.2, -0.15) is 0 Å². The van der Waals surface area contributed by atoms with Crippen molar-refractivity contribution in [3.63, 3.8) is 0 Å². The minimum absolute atomic E-state index is 0.261. The molecular formula is C64H43BN4O. The molecule has 0 bridgehead atoms. The van der Waals surface area contributed by atoms with Crippen LogP contribution in [-0.4, -0.2) is 11.3 Å². The van der Waals surface area contributed by atoms with Crippen LogP contribution in [0.4, 0.5) is 51.3 Å². The van der Waals surface area contributed by atoms with E-state index in [0.717, 1.165) is 101 Å². The van der Waals surface area contributed by atoms with Gasteiger partial charge in [0.1, 0.15) is 11.4 Å². The van der Waals surface area contributed by atoms with Gasteiger partial charge in [0.25, 0.3) is 6.71 Å². The lowest BCUT2D eigenvalue weighted by Gasteiger charge is -2.42. The van der Waals surface area contributed by atoms with Crippen molar-refractivity contribution in [3.05, 3.63) is 261 Å². The van der Waals surface area contributed by atoms with E-state index >= 15 is 0 Å². The number of hydrogen-bond acceptors (Lipinski definition) is 4. The van der Waals surface area contributed by atoms with Crippen molar-refractivity contribution in [1.82, 2.24) is 4.57 Å². The Morgan fingerprint density at radius 2 is 0.886 bits per heavy atom. The summed E-state index contributed by atoms with van der Waals surface area (Å²) in [5.74, 6) is 1.09. The molecule has 0 aliphatic carbocycles. The molecule has 10 aromatic carbocycles. The molecule has 5 nitrogen and oxygen atoms in total. The summed E-state index contributed by atoms with van der Waals surface area (Å²) in [5.41, 5.74) is 19.6. The molecule has 0 radical (unpaired) electrons. The molecule has 0 atom stereocenters. The molecule has 2 aromatic heterocycles. The number of nitrogens with zero attached hydrogens (tertiary/aromatic N) is 4. The highest BCUT2D eigenvalue weighted by atomic mass is 16.3. The van der Waals surface area contributed by atoms with E-state index in [4.69, 9.17) is 4.42 Å². The predicted molar refractivity (Wildman–Crippen MR) is 293 cm³/mol. The van der Waals surface area contributed by atoms with Gasteiger partial charge in [-0.3, -0.25) is 9.47 Å². The molecule has 4 heterocycles. The first-order valence-electron chi connectivity index (χ1n) is 24.0. The van der Waals surface area contributed by atoms with E-state index < -0.39 is 0 Å². The van der Waals surface area contributed by atoms with Gasteiger partial charge in [0.2, 0.25) is 0 Å². The Kier molecular flexibility index (Phi) is 9.24. The van der Waals surface area contributed by atoms with Gasteiger partial charge in [0, 0.05) is 50.9 Å². The summed E-state index contributed by atoms with van der Waals surface area (Å²) in [5, 5.41) is 2.22. The van der Waals surface area contributed by atoms with Crippen molar-refractivity contribution in [1.29, 1.82) is 0 Å². The summed E-state index contributed by atoms with van der Waals surface area (Å²) in [6, 6.07) is 93.9. The summed E-state index contributed by atoms with van der Waals surface area (Å²) in [7, 11) is 0. The van der Waals surface area contributed by atoms with Gasteiger partial charge in [-0.25, -0.2) is 0 Å². The predicted octanol–water partition coefficient (Wildman–Crippen LogP) is 15.3. The molecule has 12 aromatic rings. The number of furan rings is 1. The molecule has 0 unspecified atom stereocenters. The molecule has 6 heteroatoms. The Morgan fingerprint density at radius 1 is 0.357 bits per heavy atom. The summed E-state index contributed by atoms with van der Waals surface area (Å²) in [6.45, 7) is -0.261. The minimum atomic E-state index is -0.261. The van der Waals surface area contributed by atoms with Crippen molar-refractivity contribution < 1.29 is 4.42 Å². The molecule has 0 fully saturated rings. The Hall–Kier alpha value is -9.26. The topological polar surface area (TPSA) is 27.8 Å². The SMILES string of the molecule is c1ccc(-c2cc(-c3ccccc3)cc(N3c4cccc5c4B(c4oc6ccc(N(c7ccccc7)c7ccccc7)cc6c4N5c4ccccc4)c4c3n(-c3ccccc3)c3ccccc43)c2)cc1. The molecule has 328 valence electrons. The van der Waals surface area contributed by atoms with E-state index in [1.165, 1.54) is 16.3 Å². The van der Waals surface area contributed by atoms with Crippen LogP contribution in [0, 0.1) is 0 Å². The first-order chi connectivity index (χ1) is 34.8. The molecule has 14 rings (SSSR count). The molecule has 0 spiro atoms. The lowest BCUT2D eigenvalue weighted by molar-refractivity contribution is 0.651. The van der Waals surface area contributed by atoms with E-state index in [-0.39, 0.29) is 6.71 Å². The highest BCUT2D eigenvalue weighted by molar-refractivity contribution is 7.01. The molecule has 2 aliphatic heterocycles. The maximum absolute atomic E-state index is 7.47. The van der Waals surface area contributed by atoms with Crippen molar-refractivity contribution in [3.8, 4) is 27.9 Å². The standard InChI is InChI=1S/C64H43BN4O/c1-7-22-44(23-8-1)46-40-47(45-24-9-2-10-25-45)42-53(41-46)69-58-37-21-36-57-61(58)65(60-54-34-19-20-35-56(54)68(64(60)69)51-32-17-6-18-33-51)63-62(67(57)50-30-15-5-16-31-50)55-43-52(38-39-59(55)70-63)66(48-26-11-3-12-27-48)49-28-13-4-14-29-49/h1-43H. The second kappa shape index (κ2) is 16.2. The number of benzene rings is 10. The smallest absolute Gasteiger partial charge is 0.299 e. The van der Waals surface area contributed by atoms with Gasteiger partial charge in [-0.15, -0.1) is 0 Å². The molecule has 0 amide bonds. The fraction of sp³-hybridized carbons (Fsp3) is 0. The van der Waals surface area contributed by atoms with Gasteiger partial charge in [-0.1, -0.05) is 158 Å². The highest BCUT2D eigenvalue weighted by Gasteiger charge is 2.49. The highest BCUT2D eigenvalue weighted by Crippen LogP contribution is 2.50. The van der Waals surface area contributed by atoms with Gasteiger partial charge in [0.15, 0.2) is 0 Å². The Morgan fingerprint density at radius 3 is 1.50 bits per heavy atom. The first kappa shape index (κ1) is 39.9.